The fourth-order valence-electron chi connectivity index (χ4n) is 3.24. The monoisotopic (exact) mass is 433 g/mol. The zero-order valence-corrected chi connectivity index (χ0v) is 17.7. The van der Waals surface area contributed by atoms with Gasteiger partial charge >= 0.3 is 0 Å². The molecule has 0 aliphatic carbocycles. The molecule has 2 heterocycles. The van der Waals surface area contributed by atoms with Crippen molar-refractivity contribution in [2.24, 2.45) is 0 Å². The molecule has 0 spiro atoms. The Kier molecular flexibility index (Phi) is 6.09. The number of aromatic nitrogens is 3. The first-order valence-electron chi connectivity index (χ1n) is 9.95. The molecule has 0 unspecified atom stereocenters. The number of anilines is 2. The van der Waals surface area contributed by atoms with E-state index in [1.165, 1.54) is 6.07 Å². The predicted molar refractivity (Wildman–Crippen MR) is 126 cm³/mol. The Morgan fingerprint density at radius 1 is 1.06 bits per heavy atom. The fourth-order valence-corrected chi connectivity index (χ4v) is 3.46. The molecule has 0 saturated heterocycles. The molecule has 0 saturated carbocycles. The van der Waals surface area contributed by atoms with Crippen molar-refractivity contribution < 1.29 is 4.39 Å². The minimum Gasteiger partial charge on any atom is -0.382 e. The number of hydrogen-bond acceptors (Lipinski definition) is 5. The van der Waals surface area contributed by atoms with E-state index in [2.05, 4.69) is 27.2 Å². The summed E-state index contributed by atoms with van der Waals surface area (Å²) in [5.74, 6) is 0.624. The zero-order chi connectivity index (χ0) is 21.8. The van der Waals surface area contributed by atoms with Crippen LogP contribution in [0.1, 0.15) is 18.9 Å². The van der Waals surface area contributed by atoms with Gasteiger partial charge in [-0.15, -0.1) is 0 Å². The molecule has 2 aromatic carbocycles. The molecule has 4 rings (SSSR count). The van der Waals surface area contributed by atoms with Crippen LogP contribution in [0.3, 0.4) is 0 Å². The minimum atomic E-state index is -0.333. The van der Waals surface area contributed by atoms with Crippen LogP contribution in [0.4, 0.5) is 15.9 Å². The number of halogens is 2. The van der Waals surface area contributed by atoms with Gasteiger partial charge in [-0.25, -0.2) is 19.3 Å². The largest absolute Gasteiger partial charge is 0.382 e. The maximum absolute atomic E-state index is 14.5. The lowest BCUT2D eigenvalue weighted by Crippen LogP contribution is -2.09. The van der Waals surface area contributed by atoms with Crippen LogP contribution >= 0.6 is 11.6 Å². The third-order valence-corrected chi connectivity index (χ3v) is 5.08. The van der Waals surface area contributed by atoms with Gasteiger partial charge in [0.05, 0.1) is 16.1 Å². The van der Waals surface area contributed by atoms with Gasteiger partial charge in [-0.3, -0.25) is 0 Å². The van der Waals surface area contributed by atoms with Crippen LogP contribution in [0.25, 0.3) is 28.1 Å². The highest BCUT2D eigenvalue weighted by Crippen LogP contribution is 2.31. The molecule has 5 nitrogen and oxygen atoms in total. The Balaban J connectivity index is 1.78. The summed E-state index contributed by atoms with van der Waals surface area (Å²) in [6.07, 6.45) is 2.54. The topological polar surface area (TPSA) is 62.7 Å². The third kappa shape index (κ3) is 4.34. The summed E-state index contributed by atoms with van der Waals surface area (Å²) in [5, 5.41) is 7.64. The lowest BCUT2D eigenvalue weighted by atomic mass is 10.1. The van der Waals surface area contributed by atoms with E-state index in [9.17, 15) is 4.39 Å². The number of para-hydroxylation sites is 1. The number of benzene rings is 2. The fraction of sp³-hybridized carbons (Fsp3) is 0.125. The van der Waals surface area contributed by atoms with Crippen molar-refractivity contribution in [3.63, 3.8) is 0 Å². The van der Waals surface area contributed by atoms with Crippen LogP contribution in [-0.4, -0.2) is 21.5 Å². The Morgan fingerprint density at radius 2 is 1.90 bits per heavy atom. The van der Waals surface area contributed by atoms with Crippen LogP contribution in [0.2, 0.25) is 5.02 Å². The van der Waals surface area contributed by atoms with E-state index in [0.29, 0.717) is 51.4 Å². The van der Waals surface area contributed by atoms with E-state index in [1.54, 1.807) is 18.3 Å². The molecule has 0 bridgehead atoms. The van der Waals surface area contributed by atoms with Gasteiger partial charge in [-0.2, -0.15) is 0 Å². The quantitative estimate of drug-likeness (QED) is 0.353. The molecule has 7 heteroatoms. The first-order valence-corrected chi connectivity index (χ1v) is 10.3. The Hall–Kier alpha value is -3.51. The van der Waals surface area contributed by atoms with Crippen molar-refractivity contribution in [2.75, 3.05) is 17.2 Å². The SMILES string of the molecule is C=C(Nc1nc(-c2ccccc2Cl)nc2ncccc12)c1cccc(F)c1NCCC. The van der Waals surface area contributed by atoms with E-state index < -0.39 is 0 Å². The van der Waals surface area contributed by atoms with Gasteiger partial charge in [0.1, 0.15) is 11.6 Å². The van der Waals surface area contributed by atoms with E-state index in [4.69, 9.17) is 16.6 Å². The summed E-state index contributed by atoms with van der Waals surface area (Å²) in [7, 11) is 0. The molecule has 2 N–H and O–H groups in total. The van der Waals surface area contributed by atoms with Gasteiger partial charge < -0.3 is 10.6 Å². The highest BCUT2D eigenvalue weighted by atomic mass is 35.5. The molecule has 31 heavy (non-hydrogen) atoms. The van der Waals surface area contributed by atoms with Gasteiger partial charge in [-0.1, -0.05) is 49.4 Å². The molecule has 0 radical (unpaired) electrons. The average molecular weight is 434 g/mol. The molecule has 0 atom stereocenters. The lowest BCUT2D eigenvalue weighted by Gasteiger charge is -2.17. The van der Waals surface area contributed by atoms with Crippen LogP contribution in [-0.2, 0) is 0 Å². The van der Waals surface area contributed by atoms with Crippen LogP contribution in [0, 0.1) is 5.82 Å². The number of rotatable bonds is 7. The summed E-state index contributed by atoms with van der Waals surface area (Å²) in [4.78, 5) is 13.6. The van der Waals surface area contributed by atoms with Crippen molar-refractivity contribution in [2.45, 2.75) is 13.3 Å². The van der Waals surface area contributed by atoms with Crippen molar-refractivity contribution in [3.8, 4) is 11.4 Å². The predicted octanol–water partition coefficient (Wildman–Crippen LogP) is 6.39. The van der Waals surface area contributed by atoms with Gasteiger partial charge in [-0.05, 0) is 36.8 Å². The number of nitrogens with one attached hydrogen (secondary N) is 2. The van der Waals surface area contributed by atoms with E-state index >= 15 is 0 Å². The van der Waals surface area contributed by atoms with Gasteiger partial charge in [0.2, 0.25) is 0 Å². The number of fused-ring (bicyclic) bond motifs is 1. The smallest absolute Gasteiger partial charge is 0.165 e. The number of nitrogens with zero attached hydrogens (tertiary/aromatic N) is 3. The van der Waals surface area contributed by atoms with Crippen molar-refractivity contribution >= 4 is 39.8 Å². The molecule has 156 valence electrons. The van der Waals surface area contributed by atoms with Crippen LogP contribution < -0.4 is 10.6 Å². The molecule has 0 fully saturated rings. The Morgan fingerprint density at radius 3 is 2.71 bits per heavy atom. The van der Waals surface area contributed by atoms with Crippen molar-refractivity contribution in [3.05, 3.63) is 83.8 Å². The molecule has 0 aliphatic rings. The molecular weight excluding hydrogens is 413 g/mol. The first kappa shape index (κ1) is 20.8. The summed E-state index contributed by atoms with van der Waals surface area (Å²) in [5.41, 5.74) is 2.76. The second-order valence-corrected chi connectivity index (χ2v) is 7.35. The van der Waals surface area contributed by atoms with E-state index in [1.807, 2.05) is 43.3 Å². The maximum Gasteiger partial charge on any atom is 0.165 e. The first-order chi connectivity index (χ1) is 15.1. The molecule has 0 amide bonds. The second-order valence-electron chi connectivity index (χ2n) is 6.94. The summed E-state index contributed by atoms with van der Waals surface area (Å²) in [6, 6.07) is 15.9. The van der Waals surface area contributed by atoms with Crippen LogP contribution in [0.5, 0.6) is 0 Å². The standard InChI is InChI=1S/C24H21ClFN5/c1-3-13-27-21-16(9-6-12-20(21)26)15(2)29-24-18-10-7-14-28-22(18)30-23(31-24)17-8-4-5-11-19(17)25/h4-12,14,27H,2-3,13H2,1H3,(H,28,29,30,31). The average Bonchev–Trinajstić information content (AvgIpc) is 2.78. The van der Waals surface area contributed by atoms with Crippen molar-refractivity contribution in [1.82, 2.24) is 15.0 Å². The number of hydrogen-bond donors (Lipinski definition) is 2. The summed E-state index contributed by atoms with van der Waals surface area (Å²) in [6.45, 7) is 6.81. The third-order valence-electron chi connectivity index (χ3n) is 4.75. The summed E-state index contributed by atoms with van der Waals surface area (Å²) >= 11 is 6.36. The van der Waals surface area contributed by atoms with Crippen LogP contribution in [0.15, 0.2) is 67.4 Å². The Bertz CT molecular complexity index is 1260. The molecule has 4 aromatic rings. The van der Waals surface area contributed by atoms with Crippen molar-refractivity contribution in [1.29, 1.82) is 0 Å². The van der Waals surface area contributed by atoms with Gasteiger partial charge in [0, 0.05) is 29.6 Å². The molecule has 2 aromatic heterocycles. The Labute approximate surface area is 185 Å². The minimum absolute atomic E-state index is 0.333. The van der Waals surface area contributed by atoms with Gasteiger partial charge in [0.15, 0.2) is 11.5 Å². The second kappa shape index (κ2) is 9.10. The molecular formula is C24H21ClFN5. The highest BCUT2D eigenvalue weighted by molar-refractivity contribution is 6.33. The van der Waals surface area contributed by atoms with E-state index in [-0.39, 0.29) is 5.82 Å². The maximum atomic E-state index is 14.5. The van der Waals surface area contributed by atoms with E-state index in [0.717, 1.165) is 11.8 Å². The number of pyridine rings is 1. The van der Waals surface area contributed by atoms with Gasteiger partial charge in [0.25, 0.3) is 0 Å². The normalized spacial score (nSPS) is 10.8. The highest BCUT2D eigenvalue weighted by Gasteiger charge is 2.15. The summed E-state index contributed by atoms with van der Waals surface area (Å²) < 4.78 is 14.5. The zero-order valence-electron chi connectivity index (χ0n) is 17.0. The molecule has 0 aliphatic heterocycles. The lowest BCUT2D eigenvalue weighted by molar-refractivity contribution is 0.629.